The van der Waals surface area contributed by atoms with E-state index >= 15 is 0 Å². The van der Waals surface area contributed by atoms with Gasteiger partial charge in [-0.2, -0.15) is 0 Å². The molecule has 0 aromatic heterocycles. The van der Waals surface area contributed by atoms with Crippen LogP contribution >= 0.6 is 7.59 Å². The third-order valence-corrected chi connectivity index (χ3v) is 10.8. The van der Waals surface area contributed by atoms with Gasteiger partial charge in [0.05, 0.1) is 0 Å². The van der Waals surface area contributed by atoms with Crippen LogP contribution in [-0.2, 0) is 43.8 Å². The molecule has 0 aliphatic carbocycles. The minimum atomic E-state index is -4.44. The van der Waals surface area contributed by atoms with E-state index in [0.717, 1.165) is 0 Å². The molecule has 178 valence electrons. The summed E-state index contributed by atoms with van der Waals surface area (Å²) in [4.78, 5) is 27.7. The molecular formula is C23H29N2O7P. The van der Waals surface area contributed by atoms with Gasteiger partial charge < -0.3 is 0 Å². The minimum absolute atomic E-state index is 0.282. The van der Waals surface area contributed by atoms with Gasteiger partial charge in [0.15, 0.2) is 0 Å². The zero-order valence-electron chi connectivity index (χ0n) is 19.4. The van der Waals surface area contributed by atoms with E-state index in [-0.39, 0.29) is 6.61 Å². The molecule has 0 unspecified atom stereocenters. The number of benzene rings is 2. The quantitative estimate of drug-likeness (QED) is 0.478. The van der Waals surface area contributed by atoms with Crippen LogP contribution in [0.2, 0.25) is 0 Å². The summed E-state index contributed by atoms with van der Waals surface area (Å²) in [7, 11) is 3.32. The fourth-order valence-corrected chi connectivity index (χ4v) is 8.88. The van der Waals surface area contributed by atoms with E-state index < -0.39 is 30.7 Å². The first-order valence-electron chi connectivity index (χ1n) is 10.5. The van der Waals surface area contributed by atoms with Gasteiger partial charge in [-0.1, -0.05) is 0 Å². The summed E-state index contributed by atoms with van der Waals surface area (Å²) in [6, 6.07) is 17.4. The molecule has 2 heterocycles. The summed E-state index contributed by atoms with van der Waals surface area (Å²) < 4.78 is 34.1. The third kappa shape index (κ3) is 2.87. The number of esters is 2. The van der Waals surface area contributed by atoms with Crippen molar-refractivity contribution in [3.05, 3.63) is 71.8 Å². The first kappa shape index (κ1) is 23.8. The molecule has 2 aromatic carbocycles. The molecule has 2 saturated heterocycles. The molecule has 0 radical (unpaired) electrons. The molecule has 2 aliphatic heterocycles. The topological polar surface area (TPSA) is 86.8 Å². The summed E-state index contributed by atoms with van der Waals surface area (Å²) in [5.74, 6) is -1.62. The molecule has 4 rings (SSSR count). The number of hydrogen-bond acceptors (Lipinski definition) is 9. The molecule has 9 nitrogen and oxygen atoms in total. The van der Waals surface area contributed by atoms with Crippen molar-refractivity contribution >= 4 is 19.5 Å². The predicted molar refractivity (Wildman–Crippen MR) is 122 cm³/mol. The summed E-state index contributed by atoms with van der Waals surface area (Å²) in [5, 5.41) is 0. The van der Waals surface area contributed by atoms with Crippen LogP contribution in [0, 0.1) is 0 Å². The van der Waals surface area contributed by atoms with Crippen LogP contribution in [-0.4, -0.2) is 69.8 Å². The molecule has 0 bridgehead atoms. The van der Waals surface area contributed by atoms with Crippen LogP contribution in [0.4, 0.5) is 0 Å². The Balaban J connectivity index is 2.20. The average molecular weight is 476 g/mol. The Hall–Kier alpha value is -2.39. The van der Waals surface area contributed by atoms with Crippen molar-refractivity contribution in [1.29, 1.82) is 0 Å². The zero-order valence-corrected chi connectivity index (χ0v) is 20.3. The van der Waals surface area contributed by atoms with Gasteiger partial charge in [0, 0.05) is 0 Å². The van der Waals surface area contributed by atoms with E-state index in [4.69, 9.17) is 23.0 Å². The Bertz CT molecular complexity index is 984. The Kier molecular flexibility index (Phi) is 5.85. The Morgan fingerprint density at radius 3 is 1.61 bits per heavy atom. The maximum atomic E-state index is 13.9. The zero-order chi connectivity index (χ0) is 23.9. The van der Waals surface area contributed by atoms with E-state index in [0.29, 0.717) is 17.7 Å². The number of likely N-dealkylation sites (N-methyl/N-ethyl adjacent to an activating group) is 1. The predicted octanol–water partition coefficient (Wildman–Crippen LogP) is 2.82. The monoisotopic (exact) mass is 476 g/mol. The van der Waals surface area contributed by atoms with Crippen molar-refractivity contribution in [2.45, 2.75) is 11.2 Å². The normalized spacial score (nSPS) is 29.5. The van der Waals surface area contributed by atoms with Gasteiger partial charge in [-0.15, -0.1) is 0 Å². The molecule has 0 N–H and O–H groups in total. The van der Waals surface area contributed by atoms with E-state index in [1.54, 1.807) is 91.1 Å². The summed E-state index contributed by atoms with van der Waals surface area (Å²) in [6.07, 6.45) is 0. The molecule has 2 fully saturated rings. The second-order valence-electron chi connectivity index (χ2n) is 8.12. The van der Waals surface area contributed by atoms with E-state index in [2.05, 4.69) is 0 Å². The van der Waals surface area contributed by atoms with Crippen molar-refractivity contribution < 1.29 is 32.6 Å². The van der Waals surface area contributed by atoms with Crippen molar-refractivity contribution in [2.75, 3.05) is 48.5 Å². The molecule has 0 saturated carbocycles. The second-order valence-corrected chi connectivity index (χ2v) is 11.8. The van der Waals surface area contributed by atoms with Gasteiger partial charge in [0.25, 0.3) is 0 Å². The van der Waals surface area contributed by atoms with Crippen molar-refractivity contribution in [3.8, 4) is 0 Å². The summed E-state index contributed by atoms with van der Waals surface area (Å²) in [5.41, 5.74) is -3.40. The number of methoxy groups -OCH3 is 2. The van der Waals surface area contributed by atoms with Crippen LogP contribution in [0.1, 0.15) is 11.1 Å². The molecular weight excluding hydrogens is 447 g/mol. The van der Waals surface area contributed by atoms with Crippen LogP contribution in [0.3, 0.4) is 0 Å². The van der Waals surface area contributed by atoms with E-state index in [1.807, 2.05) is 0 Å². The Morgan fingerprint density at radius 2 is 1.30 bits per heavy atom. The first-order valence-corrected chi connectivity index (χ1v) is 12.4. The van der Waals surface area contributed by atoms with Crippen LogP contribution in [0.25, 0.3) is 0 Å². The number of hydrogen-bond donors (Lipinski definition) is 0. The van der Waals surface area contributed by atoms with Gasteiger partial charge in [0.1, 0.15) is 0 Å². The molecule has 2 aromatic rings. The first-order chi connectivity index (χ1) is 15.7. The summed E-state index contributed by atoms with van der Waals surface area (Å²) >= 11 is 0. The standard InChI is InChI=1S/C23H29N2O7P/c1-24(2)33(25(3)16-17-30-33)31-22(20(26)28-4,18-12-8-6-9-13-18)23(32-33,21(27)29-5)19-14-10-7-11-15-19/h6-15H,16-17H2,1-5H3/t22-,23-/m0/s1. The van der Waals surface area contributed by atoms with Crippen molar-refractivity contribution in [2.24, 2.45) is 0 Å². The molecule has 2 atom stereocenters. The van der Waals surface area contributed by atoms with Gasteiger partial charge >= 0.3 is 193 Å². The number of rotatable bonds is 5. The molecule has 2 aliphatic rings. The van der Waals surface area contributed by atoms with Crippen molar-refractivity contribution in [3.63, 3.8) is 0 Å². The number of ether oxygens (including phenoxy) is 2. The van der Waals surface area contributed by atoms with Gasteiger partial charge in [-0.25, -0.2) is 0 Å². The number of carbonyl (C=O) groups excluding carboxylic acids is 2. The average Bonchev–Trinajstić information content (AvgIpc) is 3.34. The number of carbonyl (C=O) groups is 2. The maximum absolute atomic E-state index is 13.9. The van der Waals surface area contributed by atoms with Crippen molar-refractivity contribution in [1.82, 2.24) is 9.34 Å². The molecule has 33 heavy (non-hydrogen) atoms. The fourth-order valence-electron chi connectivity index (χ4n) is 4.73. The van der Waals surface area contributed by atoms with E-state index in [9.17, 15) is 9.59 Å². The Morgan fingerprint density at radius 1 is 0.879 bits per heavy atom. The van der Waals surface area contributed by atoms with Crippen LogP contribution in [0.5, 0.6) is 0 Å². The SMILES string of the molecule is COC(=O)[C@]1(c2ccccc2)OP2(N(C)C)(OCCN2C)O[C@]1(C(=O)OC)c1ccccc1. The third-order valence-electron chi connectivity index (χ3n) is 6.36. The van der Waals surface area contributed by atoms with Gasteiger partial charge in [-0.3, -0.25) is 0 Å². The van der Waals surface area contributed by atoms with Crippen LogP contribution < -0.4 is 0 Å². The fraction of sp³-hybridized carbons (Fsp3) is 0.391. The van der Waals surface area contributed by atoms with Gasteiger partial charge in [-0.05, 0) is 0 Å². The number of nitrogens with zero attached hydrogens (tertiary/aromatic N) is 2. The molecule has 1 spiro atoms. The van der Waals surface area contributed by atoms with Crippen LogP contribution in [0.15, 0.2) is 60.7 Å². The molecule has 0 amide bonds. The van der Waals surface area contributed by atoms with Gasteiger partial charge in [0.2, 0.25) is 0 Å². The van der Waals surface area contributed by atoms with E-state index in [1.165, 1.54) is 14.2 Å². The second kappa shape index (κ2) is 8.13. The summed E-state index contributed by atoms with van der Waals surface area (Å²) in [6.45, 7) is 0.749. The Labute approximate surface area is 193 Å². The molecule has 10 heteroatoms.